The molecule has 0 N–H and O–H groups in total. The van der Waals surface area contributed by atoms with Gasteiger partial charge in [0.05, 0.1) is 13.7 Å². The molecular formula is C44H53IrN3OSi-2. The molecule has 6 rings (SSSR count). The predicted octanol–water partition coefficient (Wildman–Crippen LogP) is 11.7. The first-order valence-corrected chi connectivity index (χ1v) is 21.3. The van der Waals surface area contributed by atoms with E-state index in [1.165, 1.54) is 16.3 Å². The van der Waals surface area contributed by atoms with Gasteiger partial charge in [0.25, 0.3) is 0 Å². The van der Waals surface area contributed by atoms with E-state index in [4.69, 9.17) is 14.4 Å². The number of hydrogen-bond acceptors (Lipinski definition) is 4. The summed E-state index contributed by atoms with van der Waals surface area (Å²) in [6.45, 7) is 25.2. The molecule has 0 amide bonds. The second-order valence-electron chi connectivity index (χ2n) is 16.1. The molecule has 0 atom stereocenters. The van der Waals surface area contributed by atoms with E-state index in [9.17, 15) is 0 Å². The molecule has 265 valence electrons. The smallest absolute Gasteiger partial charge is 0.216 e. The van der Waals surface area contributed by atoms with Crippen molar-refractivity contribution in [3.8, 4) is 22.5 Å². The van der Waals surface area contributed by atoms with Crippen molar-refractivity contribution in [3.05, 3.63) is 108 Å². The molecule has 0 unspecified atom stereocenters. The zero-order chi connectivity index (χ0) is 35.6. The van der Waals surface area contributed by atoms with E-state index in [-0.39, 0.29) is 30.9 Å². The third-order valence-corrected chi connectivity index (χ3v) is 11.8. The number of fused-ring (bicyclic) bond motifs is 3. The van der Waals surface area contributed by atoms with Gasteiger partial charge >= 0.3 is 0 Å². The van der Waals surface area contributed by atoms with Crippen LogP contribution in [0.25, 0.3) is 44.6 Å². The zero-order valence-electron chi connectivity index (χ0n) is 31.8. The molecule has 6 aromatic rings. The van der Waals surface area contributed by atoms with Crippen LogP contribution in [0, 0.1) is 17.5 Å². The first kappa shape index (κ1) is 39.3. The summed E-state index contributed by atoms with van der Waals surface area (Å²) < 4.78 is 6.22. The molecule has 1 radical (unpaired) electrons. The van der Waals surface area contributed by atoms with Gasteiger partial charge in [-0.3, -0.25) is 0 Å². The van der Waals surface area contributed by atoms with Gasteiger partial charge in [-0.05, 0) is 76.3 Å². The summed E-state index contributed by atoms with van der Waals surface area (Å²) in [5.74, 6) is 0.364. The second-order valence-corrected chi connectivity index (χ2v) is 21.2. The molecule has 0 aliphatic heterocycles. The normalized spacial score (nSPS) is 12.2. The Bertz CT molecular complexity index is 2030. The molecule has 0 spiro atoms. The monoisotopic (exact) mass is 860 g/mol. The number of pyridine rings is 3. The van der Waals surface area contributed by atoms with Crippen molar-refractivity contribution >= 4 is 35.3 Å². The van der Waals surface area contributed by atoms with Crippen LogP contribution in [0.1, 0.15) is 91.0 Å². The minimum atomic E-state index is -1.37. The van der Waals surface area contributed by atoms with Gasteiger partial charge in [0.15, 0.2) is 0 Å². The molecule has 4 heterocycles. The molecule has 0 bridgehead atoms. The topological polar surface area (TPSA) is 51.8 Å². The van der Waals surface area contributed by atoms with Gasteiger partial charge in [-0.2, -0.15) is 0 Å². The molecule has 50 heavy (non-hydrogen) atoms. The third kappa shape index (κ3) is 8.88. The van der Waals surface area contributed by atoms with E-state index in [1.54, 1.807) is 0 Å². The fourth-order valence-electron chi connectivity index (χ4n) is 6.34. The molecular weight excluding hydrogens is 807 g/mol. The van der Waals surface area contributed by atoms with Crippen molar-refractivity contribution in [2.24, 2.45) is 5.41 Å². The number of rotatable bonds is 8. The van der Waals surface area contributed by atoms with Crippen molar-refractivity contribution in [1.29, 1.82) is 0 Å². The first-order chi connectivity index (χ1) is 23.1. The number of aromatic nitrogens is 3. The summed E-state index contributed by atoms with van der Waals surface area (Å²) in [6.07, 6.45) is 7.29. The minimum Gasteiger partial charge on any atom is -0.486 e. The van der Waals surface area contributed by atoms with Crippen LogP contribution < -0.4 is 5.19 Å². The van der Waals surface area contributed by atoms with Crippen molar-refractivity contribution in [2.45, 2.75) is 106 Å². The maximum Gasteiger partial charge on any atom is 0.216 e. The molecule has 0 aliphatic rings. The quantitative estimate of drug-likeness (QED) is 0.113. The van der Waals surface area contributed by atoms with Crippen LogP contribution in [-0.4, -0.2) is 23.0 Å². The van der Waals surface area contributed by atoms with Gasteiger partial charge in [-0.15, -0.1) is 54.1 Å². The van der Waals surface area contributed by atoms with Crippen LogP contribution in [0.3, 0.4) is 0 Å². The summed E-state index contributed by atoms with van der Waals surface area (Å²) in [7, 11) is -1.37. The van der Waals surface area contributed by atoms with Crippen molar-refractivity contribution in [2.75, 3.05) is 0 Å². The van der Waals surface area contributed by atoms with Gasteiger partial charge in [-0.1, -0.05) is 104 Å². The average Bonchev–Trinajstić information content (AvgIpc) is 3.45. The van der Waals surface area contributed by atoms with Crippen LogP contribution >= 0.6 is 0 Å². The second kappa shape index (κ2) is 15.8. The molecule has 0 saturated carbocycles. The van der Waals surface area contributed by atoms with Gasteiger partial charge in [0.1, 0.15) is 0 Å². The number of benzene rings is 2. The summed E-state index contributed by atoms with van der Waals surface area (Å²) >= 11 is 0. The van der Waals surface area contributed by atoms with E-state index in [0.717, 1.165) is 63.8 Å². The number of nitrogens with zero attached hydrogens (tertiary/aromatic N) is 3. The molecule has 2 aromatic carbocycles. The molecule has 4 aromatic heterocycles. The molecule has 0 fully saturated rings. The summed E-state index contributed by atoms with van der Waals surface area (Å²) in [5, 5.41) is 3.59. The van der Waals surface area contributed by atoms with Gasteiger partial charge in [0, 0.05) is 43.6 Å². The van der Waals surface area contributed by atoms with Crippen molar-refractivity contribution < 1.29 is 24.5 Å². The molecule has 4 nitrogen and oxygen atoms in total. The van der Waals surface area contributed by atoms with E-state index >= 15 is 0 Å². The SMILES string of the molecule is CC(C)(C)Cc1cc(-c2[c-]cccc2)ncc1[Si](C)(C)C.CCC(C)(CC)c1ccnc(-c2[c-]ccc3c2oc2nc(C(C)C)ccc23)c1.[Ir]. The van der Waals surface area contributed by atoms with Gasteiger partial charge < -0.3 is 14.4 Å². The Morgan fingerprint density at radius 2 is 1.56 bits per heavy atom. The van der Waals surface area contributed by atoms with Gasteiger partial charge in [-0.25, -0.2) is 4.98 Å². The Labute approximate surface area is 314 Å². The summed E-state index contributed by atoms with van der Waals surface area (Å²) in [6, 6.07) is 29.5. The Morgan fingerprint density at radius 3 is 2.18 bits per heavy atom. The first-order valence-electron chi connectivity index (χ1n) is 17.8. The van der Waals surface area contributed by atoms with Crippen LogP contribution in [0.5, 0.6) is 0 Å². The minimum absolute atomic E-state index is 0. The summed E-state index contributed by atoms with van der Waals surface area (Å²) in [4.78, 5) is 14.1. The third-order valence-electron chi connectivity index (χ3n) is 9.69. The van der Waals surface area contributed by atoms with Gasteiger partial charge in [0.2, 0.25) is 5.71 Å². The maximum atomic E-state index is 6.22. The van der Waals surface area contributed by atoms with E-state index in [1.807, 2.05) is 36.5 Å². The summed E-state index contributed by atoms with van der Waals surface area (Å²) in [5.41, 5.74) is 9.66. The predicted molar refractivity (Wildman–Crippen MR) is 210 cm³/mol. The van der Waals surface area contributed by atoms with Crippen LogP contribution in [-0.2, 0) is 31.9 Å². The molecule has 0 saturated heterocycles. The van der Waals surface area contributed by atoms with Crippen LogP contribution in [0.4, 0.5) is 0 Å². The Balaban J connectivity index is 0.000000230. The van der Waals surface area contributed by atoms with Crippen LogP contribution in [0.2, 0.25) is 19.6 Å². The van der Waals surface area contributed by atoms with Crippen molar-refractivity contribution in [1.82, 2.24) is 15.0 Å². The molecule has 0 aliphatic carbocycles. The zero-order valence-corrected chi connectivity index (χ0v) is 35.2. The maximum absolute atomic E-state index is 6.22. The Kier molecular flexibility index (Phi) is 12.5. The Morgan fingerprint density at radius 1 is 0.820 bits per heavy atom. The number of furan rings is 1. The van der Waals surface area contributed by atoms with E-state index in [0.29, 0.717) is 11.6 Å². The Hall–Kier alpha value is -3.44. The number of hydrogen-bond donors (Lipinski definition) is 0. The largest absolute Gasteiger partial charge is 0.486 e. The van der Waals surface area contributed by atoms with Crippen molar-refractivity contribution in [3.63, 3.8) is 0 Å². The fourth-order valence-corrected chi connectivity index (χ4v) is 7.91. The molecule has 6 heteroatoms. The average molecular weight is 860 g/mol. The standard InChI is InChI=1S/C25H27N2O.C19H26NSi.Ir/c1-6-25(5,7-2)17-13-14-26-22(15-17)20-10-8-9-18-19-11-12-21(16(3)4)27-24(19)28-23(18)20;1-19(2,3)13-16-12-17(15-10-8-7-9-11-15)20-14-18(16)21(4,5)6;/h8-9,11-16H,6-7H2,1-5H3;7-10,12,14H,13H2,1-6H3;/q2*-1;. The van der Waals surface area contributed by atoms with E-state index < -0.39 is 8.07 Å². The fraction of sp³-hybridized carbons (Fsp3) is 0.386. The van der Waals surface area contributed by atoms with E-state index in [2.05, 4.69) is 135 Å². The van der Waals surface area contributed by atoms with Crippen LogP contribution in [0.15, 0.2) is 83.5 Å².